The summed E-state index contributed by atoms with van der Waals surface area (Å²) in [7, 11) is 0. The first-order valence-corrected chi connectivity index (χ1v) is 11.2. The Kier molecular flexibility index (Phi) is 4.53. The van der Waals surface area contributed by atoms with Crippen LogP contribution in [-0.4, -0.2) is 88.5 Å². The third kappa shape index (κ3) is 2.53. The number of esters is 2. The summed E-state index contributed by atoms with van der Waals surface area (Å²) in [5.74, 6) is -1.31. The summed E-state index contributed by atoms with van der Waals surface area (Å²) < 4.78 is 29.7. The molecule has 10 nitrogen and oxygen atoms in total. The van der Waals surface area contributed by atoms with E-state index in [1.54, 1.807) is 37.3 Å². The van der Waals surface area contributed by atoms with Crippen molar-refractivity contribution in [2.24, 2.45) is 11.3 Å². The van der Waals surface area contributed by atoms with Crippen molar-refractivity contribution in [1.29, 1.82) is 0 Å². The second-order valence-corrected chi connectivity index (χ2v) is 9.84. The minimum Gasteiger partial charge on any atom is -0.461 e. The summed E-state index contributed by atoms with van der Waals surface area (Å²) in [6.07, 6.45) is -5.63. The van der Waals surface area contributed by atoms with E-state index in [1.165, 1.54) is 0 Å². The van der Waals surface area contributed by atoms with Crippen LogP contribution in [0.25, 0.3) is 0 Å². The molecule has 4 bridgehead atoms. The van der Waals surface area contributed by atoms with Crippen molar-refractivity contribution in [1.82, 2.24) is 0 Å². The highest BCUT2D eigenvalue weighted by Gasteiger charge is 2.88. The van der Waals surface area contributed by atoms with Crippen LogP contribution in [0.3, 0.4) is 0 Å². The van der Waals surface area contributed by atoms with Gasteiger partial charge >= 0.3 is 11.9 Å². The van der Waals surface area contributed by atoms with Gasteiger partial charge in [-0.1, -0.05) is 18.2 Å². The Balaban J connectivity index is 1.34. The van der Waals surface area contributed by atoms with Crippen molar-refractivity contribution >= 4 is 11.9 Å². The molecule has 3 saturated heterocycles. The van der Waals surface area contributed by atoms with E-state index in [1.807, 2.05) is 0 Å². The van der Waals surface area contributed by atoms with Crippen LogP contribution in [-0.2, 0) is 28.5 Å². The second-order valence-electron chi connectivity index (χ2n) is 9.84. The molecule has 178 valence electrons. The fourth-order valence-corrected chi connectivity index (χ4v) is 6.65. The molecule has 0 radical (unpaired) electrons. The predicted molar refractivity (Wildman–Crippen MR) is 107 cm³/mol. The van der Waals surface area contributed by atoms with Gasteiger partial charge in [0.15, 0.2) is 6.29 Å². The summed E-state index contributed by atoms with van der Waals surface area (Å²) in [4.78, 5) is 25.9. The maximum atomic E-state index is 13.2. The number of fused-ring (bicyclic) bond motifs is 1. The van der Waals surface area contributed by atoms with Gasteiger partial charge in [-0.15, -0.1) is 0 Å². The van der Waals surface area contributed by atoms with E-state index in [4.69, 9.17) is 23.7 Å². The standard InChI is InChI=1S/C23H26O10/c1-21-8-13-12-7-23(21,32-17-16(26)15(25)14(9-24)30-19(17)33-21)22(12,20(28)31-13)10-29-18(27)11-5-3-2-4-6-11/h2-6,12-17,19,24-26H,7-10H2,1H3/t12?,13?,14-,15-,16+,17-,19+,21?,22?,23?/m1/s1. The summed E-state index contributed by atoms with van der Waals surface area (Å²) in [5.41, 5.74) is -3.21. The molecule has 1 aromatic carbocycles. The lowest BCUT2D eigenvalue weighted by Crippen LogP contribution is -2.86. The van der Waals surface area contributed by atoms with Crippen molar-refractivity contribution < 1.29 is 48.6 Å². The van der Waals surface area contributed by atoms with E-state index in [0.717, 1.165) is 0 Å². The van der Waals surface area contributed by atoms with Crippen LogP contribution in [0.15, 0.2) is 30.3 Å². The van der Waals surface area contributed by atoms with Gasteiger partial charge in [0.25, 0.3) is 0 Å². The minimum absolute atomic E-state index is 0.224. The lowest BCUT2D eigenvalue weighted by molar-refractivity contribution is -0.464. The maximum absolute atomic E-state index is 13.2. The SMILES string of the molecule is CC12CC3OC(=O)C4(COC(=O)c5ccccc5)C3CC14O[C@H]1[C@@H](O[C@H](CO)[C@@H](O)[C@@H]1O)O2. The molecular weight excluding hydrogens is 436 g/mol. The fraction of sp³-hybridized carbons (Fsp3) is 0.652. The van der Waals surface area contributed by atoms with E-state index in [2.05, 4.69) is 0 Å². The van der Waals surface area contributed by atoms with Crippen LogP contribution in [0.5, 0.6) is 0 Å². The van der Waals surface area contributed by atoms with Gasteiger partial charge in [-0.05, 0) is 25.5 Å². The first kappa shape index (κ1) is 21.5. The zero-order chi connectivity index (χ0) is 23.2. The van der Waals surface area contributed by atoms with Gasteiger partial charge in [-0.2, -0.15) is 0 Å². The lowest BCUT2D eigenvalue weighted by atomic mass is 9.40. The predicted octanol–water partition coefficient (Wildman–Crippen LogP) is -0.469. The molecule has 0 amide bonds. The van der Waals surface area contributed by atoms with E-state index < -0.39 is 72.0 Å². The Morgan fingerprint density at radius 2 is 1.91 bits per heavy atom. The van der Waals surface area contributed by atoms with Gasteiger partial charge < -0.3 is 39.0 Å². The number of ether oxygens (including phenoxy) is 5. The van der Waals surface area contributed by atoms with Crippen LogP contribution in [0.1, 0.15) is 30.1 Å². The van der Waals surface area contributed by atoms with Gasteiger partial charge in [0.1, 0.15) is 53.7 Å². The van der Waals surface area contributed by atoms with E-state index in [-0.39, 0.29) is 12.5 Å². The van der Waals surface area contributed by atoms with Gasteiger partial charge in [0.2, 0.25) is 0 Å². The monoisotopic (exact) mass is 462 g/mol. The smallest absolute Gasteiger partial charge is 0.338 e. The fourth-order valence-electron chi connectivity index (χ4n) is 6.65. The van der Waals surface area contributed by atoms with Crippen molar-refractivity contribution in [2.75, 3.05) is 13.2 Å². The molecule has 7 rings (SSSR count). The topological polar surface area (TPSA) is 141 Å². The Bertz CT molecular complexity index is 985. The average molecular weight is 462 g/mol. The van der Waals surface area contributed by atoms with Crippen LogP contribution < -0.4 is 0 Å². The third-order valence-corrected chi connectivity index (χ3v) is 8.36. The molecular formula is C23H26O10. The van der Waals surface area contributed by atoms with Gasteiger partial charge in [-0.3, -0.25) is 4.79 Å². The molecule has 3 saturated carbocycles. The molecule has 0 aromatic heterocycles. The molecule has 6 fully saturated rings. The van der Waals surface area contributed by atoms with E-state index in [9.17, 15) is 24.9 Å². The summed E-state index contributed by atoms with van der Waals surface area (Å²) >= 11 is 0. The lowest BCUT2D eigenvalue weighted by Gasteiger charge is -2.72. The maximum Gasteiger partial charge on any atom is 0.338 e. The molecule has 10 heteroatoms. The van der Waals surface area contributed by atoms with E-state index in [0.29, 0.717) is 18.4 Å². The highest BCUT2D eigenvalue weighted by molar-refractivity contribution is 5.90. The number of carbonyl (C=O) groups excluding carboxylic acids is 2. The summed E-state index contributed by atoms with van der Waals surface area (Å²) in [5, 5.41) is 30.6. The molecule has 3 N–H and O–H groups in total. The normalized spacial score (nSPS) is 49.3. The van der Waals surface area contributed by atoms with Crippen molar-refractivity contribution in [3.05, 3.63) is 35.9 Å². The highest BCUT2D eigenvalue weighted by Crippen LogP contribution is 2.74. The third-order valence-electron chi connectivity index (χ3n) is 8.36. The van der Waals surface area contributed by atoms with Crippen LogP contribution >= 0.6 is 0 Å². The van der Waals surface area contributed by atoms with Crippen LogP contribution in [0.2, 0.25) is 0 Å². The number of aliphatic hydroxyl groups excluding tert-OH is 3. The molecule has 5 unspecified atom stereocenters. The first-order valence-electron chi connectivity index (χ1n) is 11.2. The Hall–Kier alpha value is -2.08. The quantitative estimate of drug-likeness (QED) is 0.503. The Morgan fingerprint density at radius 3 is 2.64 bits per heavy atom. The molecule has 10 atom stereocenters. The number of benzene rings is 1. The Morgan fingerprint density at radius 1 is 1.15 bits per heavy atom. The van der Waals surface area contributed by atoms with Gasteiger partial charge in [-0.25, -0.2) is 4.79 Å². The molecule has 6 aliphatic rings. The number of rotatable bonds is 4. The average Bonchev–Trinajstić information content (AvgIpc) is 2.97. The summed E-state index contributed by atoms with van der Waals surface area (Å²) in [6.45, 7) is 1.05. The molecule has 3 heterocycles. The number of hydrogen-bond acceptors (Lipinski definition) is 10. The molecule has 1 aromatic rings. The number of hydrogen-bond donors (Lipinski definition) is 3. The Labute approximate surface area is 189 Å². The van der Waals surface area contributed by atoms with Crippen molar-refractivity contribution in [2.45, 2.75) is 67.8 Å². The van der Waals surface area contributed by atoms with Crippen LogP contribution in [0.4, 0.5) is 0 Å². The second kappa shape index (κ2) is 6.97. The first-order chi connectivity index (χ1) is 15.8. The van der Waals surface area contributed by atoms with Gasteiger partial charge in [0.05, 0.1) is 12.2 Å². The zero-order valence-corrected chi connectivity index (χ0v) is 18.0. The number of aliphatic hydroxyl groups is 3. The highest BCUT2D eigenvalue weighted by atomic mass is 16.8. The number of carbonyl (C=O) groups is 2. The zero-order valence-electron chi connectivity index (χ0n) is 18.0. The molecule has 1 spiro atoms. The molecule has 3 aliphatic carbocycles. The van der Waals surface area contributed by atoms with E-state index >= 15 is 0 Å². The summed E-state index contributed by atoms with van der Waals surface area (Å²) in [6, 6.07) is 8.47. The van der Waals surface area contributed by atoms with Crippen LogP contribution in [0, 0.1) is 11.3 Å². The van der Waals surface area contributed by atoms with Gasteiger partial charge in [0, 0.05) is 12.3 Å². The van der Waals surface area contributed by atoms with Crippen molar-refractivity contribution in [3.63, 3.8) is 0 Å². The molecule has 3 aliphatic heterocycles. The minimum atomic E-state index is -1.40. The van der Waals surface area contributed by atoms with Crippen molar-refractivity contribution in [3.8, 4) is 0 Å². The molecule has 33 heavy (non-hydrogen) atoms. The largest absolute Gasteiger partial charge is 0.461 e.